The molecule has 0 aromatic carbocycles. The van der Waals surface area contributed by atoms with Gasteiger partial charge >= 0.3 is 5.97 Å². The monoisotopic (exact) mass is 266 g/mol. The molecule has 0 bridgehead atoms. The fourth-order valence-electron chi connectivity index (χ4n) is 1.52. The Hall–Kier alpha value is -0.700. The van der Waals surface area contributed by atoms with E-state index in [1.807, 2.05) is 0 Å². The van der Waals surface area contributed by atoms with Gasteiger partial charge in [-0.2, -0.15) is 17.0 Å². The topological polar surface area (TPSA) is 87.2 Å². The molecule has 0 spiro atoms. The fourth-order valence-corrected chi connectivity index (χ4v) is 2.90. The van der Waals surface area contributed by atoms with Crippen LogP contribution in [0.4, 0.5) is 0 Å². The van der Waals surface area contributed by atoms with E-state index < -0.39 is 16.2 Å². The molecule has 1 saturated heterocycles. The van der Waals surface area contributed by atoms with Gasteiger partial charge < -0.3 is 9.84 Å². The smallest absolute Gasteiger partial charge is 0.304 e. The SMILES string of the molecule is CN(CCC(=O)O)S(=O)(=O)N1CCCOCC1. The van der Waals surface area contributed by atoms with Gasteiger partial charge in [-0.3, -0.25) is 4.79 Å². The van der Waals surface area contributed by atoms with Crippen molar-refractivity contribution in [2.45, 2.75) is 12.8 Å². The minimum Gasteiger partial charge on any atom is -0.481 e. The Kier molecular flexibility index (Phi) is 5.31. The number of carboxylic acids is 1. The van der Waals surface area contributed by atoms with Crippen molar-refractivity contribution in [1.82, 2.24) is 8.61 Å². The average Bonchev–Trinajstić information content (AvgIpc) is 2.54. The number of carboxylic acid groups (broad SMARTS) is 1. The van der Waals surface area contributed by atoms with Crippen molar-refractivity contribution < 1.29 is 23.1 Å². The molecule has 1 heterocycles. The van der Waals surface area contributed by atoms with Gasteiger partial charge in [0.15, 0.2) is 0 Å². The van der Waals surface area contributed by atoms with Crippen molar-refractivity contribution in [3.8, 4) is 0 Å². The van der Waals surface area contributed by atoms with E-state index in [9.17, 15) is 13.2 Å². The average molecular weight is 266 g/mol. The molecule has 0 amide bonds. The molecule has 7 nitrogen and oxygen atoms in total. The third kappa shape index (κ3) is 4.23. The highest BCUT2D eigenvalue weighted by Gasteiger charge is 2.27. The molecule has 17 heavy (non-hydrogen) atoms. The van der Waals surface area contributed by atoms with Crippen molar-refractivity contribution in [2.75, 3.05) is 39.9 Å². The third-order valence-corrected chi connectivity index (χ3v) is 4.53. The molecule has 0 atom stereocenters. The summed E-state index contributed by atoms with van der Waals surface area (Å²) in [5, 5.41) is 8.53. The second-order valence-corrected chi connectivity index (χ2v) is 5.87. The lowest BCUT2D eigenvalue weighted by molar-refractivity contribution is -0.137. The van der Waals surface area contributed by atoms with Gasteiger partial charge in [-0.1, -0.05) is 0 Å². The Balaban J connectivity index is 2.61. The van der Waals surface area contributed by atoms with E-state index >= 15 is 0 Å². The Morgan fingerprint density at radius 1 is 1.41 bits per heavy atom. The summed E-state index contributed by atoms with van der Waals surface area (Å²) in [6, 6.07) is 0. The molecule has 0 aliphatic carbocycles. The third-order valence-electron chi connectivity index (χ3n) is 2.54. The molecule has 100 valence electrons. The van der Waals surface area contributed by atoms with Crippen LogP contribution in [0, 0.1) is 0 Å². The summed E-state index contributed by atoms with van der Waals surface area (Å²) in [4.78, 5) is 10.4. The molecule has 1 fully saturated rings. The number of rotatable bonds is 5. The number of hydrogen-bond acceptors (Lipinski definition) is 4. The van der Waals surface area contributed by atoms with Crippen LogP contribution < -0.4 is 0 Å². The zero-order valence-electron chi connectivity index (χ0n) is 9.83. The minimum absolute atomic E-state index is 0.0188. The Morgan fingerprint density at radius 3 is 2.76 bits per heavy atom. The number of ether oxygens (including phenoxy) is 1. The summed E-state index contributed by atoms with van der Waals surface area (Å²) in [7, 11) is -2.16. The Morgan fingerprint density at radius 2 is 2.12 bits per heavy atom. The maximum atomic E-state index is 12.1. The summed E-state index contributed by atoms with van der Waals surface area (Å²) < 4.78 is 31.7. The van der Waals surface area contributed by atoms with Crippen LogP contribution in [-0.2, 0) is 19.7 Å². The van der Waals surface area contributed by atoms with Crippen LogP contribution in [0.2, 0.25) is 0 Å². The van der Waals surface area contributed by atoms with Crippen molar-refractivity contribution in [3.63, 3.8) is 0 Å². The van der Waals surface area contributed by atoms with Crippen molar-refractivity contribution in [1.29, 1.82) is 0 Å². The molecule has 1 aliphatic heterocycles. The second-order valence-electron chi connectivity index (χ2n) is 3.84. The molecule has 0 saturated carbocycles. The largest absolute Gasteiger partial charge is 0.481 e. The maximum Gasteiger partial charge on any atom is 0.304 e. The van der Waals surface area contributed by atoms with Gasteiger partial charge in [0.05, 0.1) is 13.0 Å². The molecular formula is C9H18N2O5S. The lowest BCUT2D eigenvalue weighted by Crippen LogP contribution is -2.43. The van der Waals surface area contributed by atoms with E-state index in [0.717, 1.165) is 4.31 Å². The Bertz CT molecular complexity index is 348. The minimum atomic E-state index is -3.56. The summed E-state index contributed by atoms with van der Waals surface area (Å²) in [5.74, 6) is -1.01. The normalized spacial score (nSPS) is 19.2. The first kappa shape index (κ1) is 14.4. The Labute approximate surface area is 101 Å². The molecule has 1 aliphatic rings. The first-order valence-electron chi connectivity index (χ1n) is 5.45. The number of nitrogens with zero attached hydrogens (tertiary/aromatic N) is 2. The number of aliphatic carboxylic acids is 1. The van der Waals surface area contributed by atoms with Gasteiger partial charge in [-0.05, 0) is 6.42 Å². The van der Waals surface area contributed by atoms with Gasteiger partial charge in [-0.15, -0.1) is 0 Å². The molecule has 0 radical (unpaired) electrons. The van der Waals surface area contributed by atoms with Crippen molar-refractivity contribution in [2.24, 2.45) is 0 Å². The quantitative estimate of drug-likeness (QED) is 0.715. The van der Waals surface area contributed by atoms with Crippen molar-refractivity contribution >= 4 is 16.2 Å². The summed E-state index contributed by atoms with van der Waals surface area (Å²) in [6.45, 7) is 1.66. The first-order chi connectivity index (χ1) is 7.94. The van der Waals surface area contributed by atoms with Gasteiger partial charge in [0.25, 0.3) is 10.2 Å². The first-order valence-corrected chi connectivity index (χ1v) is 6.85. The van der Waals surface area contributed by atoms with Crippen molar-refractivity contribution in [3.05, 3.63) is 0 Å². The maximum absolute atomic E-state index is 12.1. The van der Waals surface area contributed by atoms with Crippen LogP contribution in [0.15, 0.2) is 0 Å². The van der Waals surface area contributed by atoms with E-state index in [2.05, 4.69) is 0 Å². The van der Waals surface area contributed by atoms with Crippen LogP contribution >= 0.6 is 0 Å². The highest BCUT2D eigenvalue weighted by molar-refractivity contribution is 7.86. The zero-order chi connectivity index (χ0) is 12.9. The van der Waals surface area contributed by atoms with Gasteiger partial charge in [0.1, 0.15) is 0 Å². The lowest BCUT2D eigenvalue weighted by atomic mass is 10.4. The van der Waals surface area contributed by atoms with Gasteiger partial charge in [0, 0.05) is 33.3 Å². The van der Waals surface area contributed by atoms with Crippen LogP contribution in [0.25, 0.3) is 0 Å². The summed E-state index contributed by atoms with van der Waals surface area (Å²) >= 11 is 0. The summed E-state index contributed by atoms with van der Waals surface area (Å²) in [5.41, 5.74) is 0. The van der Waals surface area contributed by atoms with Gasteiger partial charge in [-0.25, -0.2) is 0 Å². The van der Waals surface area contributed by atoms with E-state index in [-0.39, 0.29) is 13.0 Å². The van der Waals surface area contributed by atoms with E-state index in [1.165, 1.54) is 11.4 Å². The number of carbonyl (C=O) groups is 1. The molecule has 1 N–H and O–H groups in total. The predicted octanol–water partition coefficient (Wildman–Crippen LogP) is -0.640. The van der Waals surface area contributed by atoms with Crippen LogP contribution in [0.1, 0.15) is 12.8 Å². The van der Waals surface area contributed by atoms with E-state index in [1.54, 1.807) is 0 Å². The van der Waals surface area contributed by atoms with E-state index in [4.69, 9.17) is 9.84 Å². The molecule has 0 aromatic heterocycles. The van der Waals surface area contributed by atoms with Crippen LogP contribution in [-0.4, -0.2) is 68.0 Å². The highest BCUT2D eigenvalue weighted by Crippen LogP contribution is 2.10. The standard InChI is InChI=1S/C9H18N2O5S/c1-10(5-3-9(12)13)17(14,15)11-4-2-7-16-8-6-11/h2-8H2,1H3,(H,12,13). The zero-order valence-corrected chi connectivity index (χ0v) is 10.6. The van der Waals surface area contributed by atoms with Crippen LogP contribution in [0.5, 0.6) is 0 Å². The molecule has 1 rings (SSSR count). The molecule has 0 aromatic rings. The second kappa shape index (κ2) is 6.29. The molecule has 0 unspecified atom stereocenters. The lowest BCUT2D eigenvalue weighted by Gasteiger charge is -2.25. The molecular weight excluding hydrogens is 248 g/mol. The number of hydrogen-bond donors (Lipinski definition) is 1. The van der Waals surface area contributed by atoms with E-state index in [0.29, 0.717) is 32.7 Å². The summed E-state index contributed by atoms with van der Waals surface area (Å²) in [6.07, 6.45) is 0.464. The van der Waals surface area contributed by atoms with Gasteiger partial charge in [0.2, 0.25) is 0 Å². The van der Waals surface area contributed by atoms with Crippen LogP contribution in [0.3, 0.4) is 0 Å². The fraction of sp³-hybridized carbons (Fsp3) is 0.889. The highest BCUT2D eigenvalue weighted by atomic mass is 32.2. The molecule has 8 heteroatoms. The predicted molar refractivity (Wildman–Crippen MR) is 60.8 cm³/mol.